The van der Waals surface area contributed by atoms with Crippen LogP contribution < -0.4 is 14.4 Å². The van der Waals surface area contributed by atoms with E-state index in [0.29, 0.717) is 18.0 Å². The lowest BCUT2D eigenvalue weighted by molar-refractivity contribution is 0.262. The summed E-state index contributed by atoms with van der Waals surface area (Å²) < 4.78 is 33.4. The third-order valence-electron chi connectivity index (χ3n) is 5.61. The second-order valence-corrected chi connectivity index (χ2v) is 9.36. The minimum absolute atomic E-state index is 0.380. The van der Waals surface area contributed by atoms with Crippen molar-refractivity contribution in [1.82, 2.24) is 9.62 Å². The minimum atomic E-state index is -3.49. The molecule has 1 fully saturated rings. The zero-order valence-electron chi connectivity index (χ0n) is 17.7. The molecule has 0 amide bonds. The molecule has 1 saturated heterocycles. The molecule has 6 nitrogen and oxygen atoms in total. The number of aryl methyl sites for hydroxylation is 3. The Morgan fingerprint density at radius 1 is 0.931 bits per heavy atom. The van der Waals surface area contributed by atoms with Crippen LogP contribution in [0.3, 0.4) is 0 Å². The summed E-state index contributed by atoms with van der Waals surface area (Å²) in [6.07, 6.45) is 0. The van der Waals surface area contributed by atoms with Gasteiger partial charge in [-0.25, -0.2) is 13.1 Å². The number of methoxy groups -OCH3 is 1. The standard InChI is InChI=1S/C22H31N3O3S/c1-17-15-19(3)22(16-18(17)2)29(26,27)23-9-10-24-11-13-25(14-12-24)20-5-7-21(28-4)8-6-20/h5-8,15-16,23H,9-14H2,1-4H3. The highest BCUT2D eigenvalue weighted by atomic mass is 32.2. The molecule has 0 aliphatic carbocycles. The van der Waals surface area contributed by atoms with E-state index in [-0.39, 0.29) is 0 Å². The monoisotopic (exact) mass is 417 g/mol. The van der Waals surface area contributed by atoms with Crippen molar-refractivity contribution in [1.29, 1.82) is 0 Å². The van der Waals surface area contributed by atoms with Gasteiger partial charge >= 0.3 is 0 Å². The van der Waals surface area contributed by atoms with Gasteiger partial charge in [-0.05, 0) is 67.8 Å². The van der Waals surface area contributed by atoms with E-state index in [2.05, 4.69) is 26.7 Å². The van der Waals surface area contributed by atoms with E-state index >= 15 is 0 Å². The van der Waals surface area contributed by atoms with Gasteiger partial charge in [0, 0.05) is 45.0 Å². The molecule has 0 bridgehead atoms. The van der Waals surface area contributed by atoms with Crippen LogP contribution in [0.25, 0.3) is 0 Å². The third kappa shape index (κ3) is 5.29. The molecule has 1 N–H and O–H groups in total. The van der Waals surface area contributed by atoms with Gasteiger partial charge in [0.15, 0.2) is 0 Å². The molecule has 0 unspecified atom stereocenters. The maximum atomic E-state index is 12.7. The summed E-state index contributed by atoms with van der Waals surface area (Å²) >= 11 is 0. The quantitative estimate of drug-likeness (QED) is 0.751. The molecule has 2 aromatic carbocycles. The van der Waals surface area contributed by atoms with Crippen molar-refractivity contribution in [2.24, 2.45) is 0 Å². The molecule has 7 heteroatoms. The molecule has 29 heavy (non-hydrogen) atoms. The maximum absolute atomic E-state index is 12.7. The number of nitrogens with zero attached hydrogens (tertiary/aromatic N) is 2. The van der Waals surface area contributed by atoms with Crippen molar-refractivity contribution < 1.29 is 13.2 Å². The highest BCUT2D eigenvalue weighted by molar-refractivity contribution is 7.89. The lowest BCUT2D eigenvalue weighted by Crippen LogP contribution is -2.48. The van der Waals surface area contributed by atoms with Gasteiger partial charge in [-0.1, -0.05) is 6.07 Å². The Hall–Kier alpha value is -2.09. The Bertz CT molecular complexity index is 935. The molecular formula is C22H31N3O3S. The predicted molar refractivity (Wildman–Crippen MR) is 117 cm³/mol. The van der Waals surface area contributed by atoms with Crippen LogP contribution in [0.2, 0.25) is 0 Å². The number of benzene rings is 2. The zero-order chi connectivity index (χ0) is 21.0. The van der Waals surface area contributed by atoms with Crippen LogP contribution in [0.15, 0.2) is 41.3 Å². The molecule has 1 aliphatic heterocycles. The third-order valence-corrected chi connectivity index (χ3v) is 7.21. The predicted octanol–water partition coefficient (Wildman–Crippen LogP) is 2.72. The Labute approximate surface area is 174 Å². The first-order valence-electron chi connectivity index (χ1n) is 9.99. The van der Waals surface area contributed by atoms with Crippen molar-refractivity contribution in [2.75, 3.05) is 51.3 Å². The lowest BCUT2D eigenvalue weighted by Gasteiger charge is -2.36. The number of hydrogen-bond donors (Lipinski definition) is 1. The molecule has 2 aromatic rings. The van der Waals surface area contributed by atoms with Crippen molar-refractivity contribution >= 4 is 15.7 Å². The van der Waals surface area contributed by atoms with Gasteiger partial charge in [0.1, 0.15) is 5.75 Å². The van der Waals surface area contributed by atoms with E-state index in [1.165, 1.54) is 5.69 Å². The van der Waals surface area contributed by atoms with Gasteiger partial charge in [0.2, 0.25) is 10.0 Å². The van der Waals surface area contributed by atoms with E-state index in [1.807, 2.05) is 39.0 Å². The van der Waals surface area contributed by atoms with E-state index in [0.717, 1.165) is 48.6 Å². The van der Waals surface area contributed by atoms with E-state index in [1.54, 1.807) is 13.2 Å². The summed E-state index contributed by atoms with van der Waals surface area (Å²) in [5, 5.41) is 0. The summed E-state index contributed by atoms with van der Waals surface area (Å²) in [7, 11) is -1.82. The van der Waals surface area contributed by atoms with Crippen molar-refractivity contribution in [3.63, 3.8) is 0 Å². The second kappa shape index (κ2) is 9.15. The summed E-state index contributed by atoms with van der Waals surface area (Å²) in [5.41, 5.74) is 4.08. The fraction of sp³-hybridized carbons (Fsp3) is 0.455. The number of hydrogen-bond acceptors (Lipinski definition) is 5. The van der Waals surface area contributed by atoms with Crippen molar-refractivity contribution in [3.05, 3.63) is 53.1 Å². The molecule has 3 rings (SSSR count). The molecule has 0 spiro atoms. The van der Waals surface area contributed by atoms with E-state index in [4.69, 9.17) is 4.74 Å². The summed E-state index contributed by atoms with van der Waals surface area (Å²) in [6, 6.07) is 11.8. The molecule has 0 aromatic heterocycles. The van der Waals surface area contributed by atoms with Gasteiger partial charge in [-0.15, -0.1) is 0 Å². The highest BCUT2D eigenvalue weighted by Crippen LogP contribution is 2.21. The van der Waals surface area contributed by atoms with Gasteiger partial charge < -0.3 is 9.64 Å². The van der Waals surface area contributed by atoms with Gasteiger partial charge in [0.05, 0.1) is 12.0 Å². The van der Waals surface area contributed by atoms with E-state index in [9.17, 15) is 8.42 Å². The van der Waals surface area contributed by atoms with Crippen LogP contribution in [-0.2, 0) is 10.0 Å². The molecule has 0 saturated carbocycles. The Morgan fingerprint density at radius 3 is 2.17 bits per heavy atom. The molecule has 1 heterocycles. The van der Waals surface area contributed by atoms with Crippen LogP contribution in [0.5, 0.6) is 5.75 Å². The molecule has 158 valence electrons. The number of rotatable bonds is 7. The first-order valence-corrected chi connectivity index (χ1v) is 11.5. The minimum Gasteiger partial charge on any atom is -0.497 e. The number of ether oxygens (including phenoxy) is 1. The average molecular weight is 418 g/mol. The Morgan fingerprint density at radius 2 is 1.55 bits per heavy atom. The molecule has 0 radical (unpaired) electrons. The molecule has 0 atom stereocenters. The van der Waals surface area contributed by atoms with Gasteiger partial charge in [0.25, 0.3) is 0 Å². The Kier molecular flexibility index (Phi) is 6.82. The van der Waals surface area contributed by atoms with E-state index < -0.39 is 10.0 Å². The molecular weight excluding hydrogens is 386 g/mol. The fourth-order valence-corrected chi connectivity index (χ4v) is 4.99. The summed E-state index contributed by atoms with van der Waals surface area (Å²) in [4.78, 5) is 5.03. The summed E-state index contributed by atoms with van der Waals surface area (Å²) in [5.74, 6) is 0.860. The largest absolute Gasteiger partial charge is 0.497 e. The van der Waals surface area contributed by atoms with Crippen LogP contribution in [0, 0.1) is 20.8 Å². The van der Waals surface area contributed by atoms with Crippen LogP contribution >= 0.6 is 0 Å². The van der Waals surface area contributed by atoms with Gasteiger partial charge in [-0.2, -0.15) is 0 Å². The maximum Gasteiger partial charge on any atom is 0.240 e. The normalized spacial score (nSPS) is 15.5. The fourth-order valence-electron chi connectivity index (χ4n) is 3.66. The first-order chi connectivity index (χ1) is 13.8. The van der Waals surface area contributed by atoms with Crippen LogP contribution in [0.4, 0.5) is 5.69 Å². The van der Waals surface area contributed by atoms with Crippen LogP contribution in [-0.4, -0.2) is 59.7 Å². The lowest BCUT2D eigenvalue weighted by atomic mass is 10.1. The van der Waals surface area contributed by atoms with Gasteiger partial charge in [-0.3, -0.25) is 4.90 Å². The SMILES string of the molecule is COc1ccc(N2CCN(CCNS(=O)(=O)c3cc(C)c(C)cc3C)CC2)cc1. The number of piperazine rings is 1. The zero-order valence-corrected chi connectivity index (χ0v) is 18.6. The number of sulfonamides is 1. The topological polar surface area (TPSA) is 61.9 Å². The summed E-state index contributed by atoms with van der Waals surface area (Å²) in [6.45, 7) is 10.6. The van der Waals surface area contributed by atoms with Crippen molar-refractivity contribution in [3.8, 4) is 5.75 Å². The first kappa shape index (κ1) is 21.6. The number of nitrogens with one attached hydrogen (secondary N) is 1. The Balaban J connectivity index is 1.49. The number of anilines is 1. The van der Waals surface area contributed by atoms with Crippen molar-refractivity contribution in [2.45, 2.75) is 25.7 Å². The van der Waals surface area contributed by atoms with Crippen LogP contribution in [0.1, 0.15) is 16.7 Å². The average Bonchev–Trinajstić information content (AvgIpc) is 2.71. The highest BCUT2D eigenvalue weighted by Gasteiger charge is 2.20. The molecule has 1 aliphatic rings. The second-order valence-electron chi connectivity index (χ2n) is 7.63. The smallest absolute Gasteiger partial charge is 0.240 e.